The van der Waals surface area contributed by atoms with Crippen molar-refractivity contribution in [3.05, 3.63) is 29.3 Å². The minimum absolute atomic E-state index is 0.252. The summed E-state index contributed by atoms with van der Waals surface area (Å²) in [6.45, 7) is 3.59. The maximum absolute atomic E-state index is 10.0. The third-order valence-electron chi connectivity index (χ3n) is 3.96. The summed E-state index contributed by atoms with van der Waals surface area (Å²) in [5.41, 5.74) is 1.97. The Hall–Kier alpha value is -1.14. The van der Waals surface area contributed by atoms with Crippen LogP contribution in [0.15, 0.2) is 18.2 Å². The van der Waals surface area contributed by atoms with Crippen LogP contribution in [0.4, 0.5) is 0 Å². The SMILES string of the molecule is Cc1ccc(C)c(OC2CC(CO)C(O)C(O)C2O)c1. The normalized spacial score (nSPS) is 34.0. The van der Waals surface area contributed by atoms with Gasteiger partial charge in [0.1, 0.15) is 24.1 Å². The van der Waals surface area contributed by atoms with Crippen LogP contribution in [-0.2, 0) is 0 Å². The number of hydrogen-bond donors (Lipinski definition) is 4. The number of rotatable bonds is 3. The molecule has 4 N–H and O–H groups in total. The van der Waals surface area contributed by atoms with Gasteiger partial charge in [-0.3, -0.25) is 0 Å². The molecule has 0 amide bonds. The summed E-state index contributed by atoms with van der Waals surface area (Å²) >= 11 is 0. The van der Waals surface area contributed by atoms with Crippen molar-refractivity contribution in [2.24, 2.45) is 5.92 Å². The second-order valence-corrected chi connectivity index (χ2v) is 5.58. The van der Waals surface area contributed by atoms with E-state index in [0.717, 1.165) is 11.1 Å². The highest BCUT2D eigenvalue weighted by atomic mass is 16.5. The Bertz CT molecular complexity index is 460. The van der Waals surface area contributed by atoms with E-state index in [0.29, 0.717) is 12.2 Å². The fraction of sp³-hybridized carbons (Fsp3) is 0.600. The molecule has 1 saturated carbocycles. The van der Waals surface area contributed by atoms with Gasteiger partial charge in [-0.25, -0.2) is 0 Å². The molecule has 0 bridgehead atoms. The maximum Gasteiger partial charge on any atom is 0.128 e. The summed E-state index contributed by atoms with van der Waals surface area (Å²) in [6, 6.07) is 5.76. The van der Waals surface area contributed by atoms with Gasteiger partial charge in [0.15, 0.2) is 0 Å². The zero-order valence-electron chi connectivity index (χ0n) is 11.7. The van der Waals surface area contributed by atoms with E-state index in [2.05, 4.69) is 0 Å². The molecule has 5 nitrogen and oxygen atoms in total. The molecule has 0 aromatic heterocycles. The quantitative estimate of drug-likeness (QED) is 0.633. The molecule has 2 rings (SSSR count). The molecule has 0 saturated heterocycles. The minimum atomic E-state index is -1.31. The first-order valence-electron chi connectivity index (χ1n) is 6.83. The summed E-state index contributed by atoms with van der Waals surface area (Å²) in [7, 11) is 0. The summed E-state index contributed by atoms with van der Waals surface area (Å²) in [6.07, 6.45) is -3.97. The molecular formula is C15H22O5. The van der Waals surface area contributed by atoms with Crippen LogP contribution < -0.4 is 4.74 Å². The minimum Gasteiger partial charge on any atom is -0.487 e. The van der Waals surface area contributed by atoms with Crippen molar-refractivity contribution in [3.63, 3.8) is 0 Å². The van der Waals surface area contributed by atoms with Crippen molar-refractivity contribution >= 4 is 0 Å². The van der Waals surface area contributed by atoms with E-state index in [-0.39, 0.29) is 6.61 Å². The van der Waals surface area contributed by atoms with E-state index in [1.165, 1.54) is 0 Å². The van der Waals surface area contributed by atoms with E-state index in [9.17, 15) is 20.4 Å². The van der Waals surface area contributed by atoms with Crippen molar-refractivity contribution < 1.29 is 25.2 Å². The molecule has 5 unspecified atom stereocenters. The van der Waals surface area contributed by atoms with Crippen LogP contribution in [0, 0.1) is 19.8 Å². The van der Waals surface area contributed by atoms with Gasteiger partial charge in [-0.1, -0.05) is 12.1 Å². The largest absolute Gasteiger partial charge is 0.487 e. The van der Waals surface area contributed by atoms with Crippen LogP contribution >= 0.6 is 0 Å². The summed E-state index contributed by atoms with van der Waals surface area (Å²) < 4.78 is 5.80. The number of ether oxygens (including phenoxy) is 1. The first kappa shape index (κ1) is 15.3. The third kappa shape index (κ3) is 2.96. The van der Waals surface area contributed by atoms with Crippen LogP contribution in [0.2, 0.25) is 0 Å². The number of hydrogen-bond acceptors (Lipinski definition) is 5. The molecule has 1 aromatic rings. The molecule has 5 heteroatoms. The Morgan fingerprint density at radius 3 is 2.45 bits per heavy atom. The summed E-state index contributed by atoms with van der Waals surface area (Å²) in [4.78, 5) is 0. The lowest BCUT2D eigenvalue weighted by Crippen LogP contribution is -2.56. The second kappa shape index (κ2) is 6.10. The Morgan fingerprint density at radius 1 is 1.10 bits per heavy atom. The molecule has 112 valence electrons. The van der Waals surface area contributed by atoms with Crippen LogP contribution in [0.1, 0.15) is 17.5 Å². The Morgan fingerprint density at radius 2 is 1.80 bits per heavy atom. The van der Waals surface area contributed by atoms with Gasteiger partial charge in [-0.2, -0.15) is 0 Å². The molecule has 0 radical (unpaired) electrons. The van der Waals surface area contributed by atoms with E-state index in [4.69, 9.17) is 4.74 Å². The molecule has 0 heterocycles. The van der Waals surface area contributed by atoms with E-state index < -0.39 is 30.3 Å². The number of aliphatic hydroxyl groups is 4. The number of aliphatic hydroxyl groups excluding tert-OH is 4. The summed E-state index contributed by atoms with van der Waals surface area (Å²) in [5.74, 6) is 0.151. The topological polar surface area (TPSA) is 90.2 Å². The maximum atomic E-state index is 10.0. The van der Waals surface area contributed by atoms with Gasteiger partial charge >= 0.3 is 0 Å². The molecular weight excluding hydrogens is 260 g/mol. The standard InChI is InChI=1S/C15H22O5/c1-8-3-4-9(2)11(5-8)20-12-6-10(7-16)13(17)15(19)14(12)18/h3-5,10,12-19H,6-7H2,1-2H3. The van der Waals surface area contributed by atoms with E-state index in [1.54, 1.807) is 0 Å². The predicted molar refractivity (Wildman–Crippen MR) is 73.5 cm³/mol. The molecule has 1 fully saturated rings. The molecule has 1 aliphatic rings. The molecule has 1 aromatic carbocycles. The zero-order valence-corrected chi connectivity index (χ0v) is 11.7. The Kier molecular flexibility index (Phi) is 4.65. The van der Waals surface area contributed by atoms with Crippen molar-refractivity contribution in [2.75, 3.05) is 6.61 Å². The van der Waals surface area contributed by atoms with Crippen LogP contribution in [0.5, 0.6) is 5.75 Å². The highest BCUT2D eigenvalue weighted by molar-refractivity contribution is 5.36. The van der Waals surface area contributed by atoms with Crippen molar-refractivity contribution in [1.82, 2.24) is 0 Å². The summed E-state index contributed by atoms with van der Waals surface area (Å²) in [5, 5.41) is 38.9. The van der Waals surface area contributed by atoms with Gasteiger partial charge in [0.05, 0.1) is 6.10 Å². The molecule has 1 aliphatic carbocycles. The van der Waals surface area contributed by atoms with Crippen molar-refractivity contribution in [3.8, 4) is 5.75 Å². The monoisotopic (exact) mass is 282 g/mol. The predicted octanol–water partition coefficient (Wildman–Crippen LogP) is 0.146. The van der Waals surface area contributed by atoms with Gasteiger partial charge in [0.25, 0.3) is 0 Å². The molecule has 0 spiro atoms. The fourth-order valence-corrected chi connectivity index (χ4v) is 2.58. The van der Waals surface area contributed by atoms with Crippen molar-refractivity contribution in [1.29, 1.82) is 0 Å². The average molecular weight is 282 g/mol. The van der Waals surface area contributed by atoms with E-state index >= 15 is 0 Å². The van der Waals surface area contributed by atoms with Gasteiger partial charge in [0, 0.05) is 12.5 Å². The smallest absolute Gasteiger partial charge is 0.128 e. The third-order valence-corrected chi connectivity index (χ3v) is 3.96. The van der Waals surface area contributed by atoms with Crippen LogP contribution in [0.25, 0.3) is 0 Å². The van der Waals surface area contributed by atoms with Crippen LogP contribution in [0.3, 0.4) is 0 Å². The lowest BCUT2D eigenvalue weighted by atomic mass is 9.81. The molecule has 5 atom stereocenters. The lowest BCUT2D eigenvalue weighted by molar-refractivity contribution is -0.157. The van der Waals surface area contributed by atoms with Gasteiger partial charge < -0.3 is 25.2 Å². The van der Waals surface area contributed by atoms with Crippen LogP contribution in [-0.4, -0.2) is 51.4 Å². The van der Waals surface area contributed by atoms with E-state index in [1.807, 2.05) is 32.0 Å². The van der Waals surface area contributed by atoms with Gasteiger partial charge in [-0.05, 0) is 37.5 Å². The van der Waals surface area contributed by atoms with Gasteiger partial charge in [0.2, 0.25) is 0 Å². The van der Waals surface area contributed by atoms with Crippen molar-refractivity contribution in [2.45, 2.75) is 44.7 Å². The average Bonchev–Trinajstić information content (AvgIpc) is 2.43. The Labute approximate surface area is 118 Å². The Balaban J connectivity index is 2.17. The molecule has 0 aliphatic heterocycles. The highest BCUT2D eigenvalue weighted by Crippen LogP contribution is 2.30. The zero-order chi connectivity index (χ0) is 14.9. The lowest BCUT2D eigenvalue weighted by Gasteiger charge is -2.39. The second-order valence-electron chi connectivity index (χ2n) is 5.58. The first-order chi connectivity index (χ1) is 9.43. The van der Waals surface area contributed by atoms with Gasteiger partial charge in [-0.15, -0.1) is 0 Å². The fourth-order valence-electron chi connectivity index (χ4n) is 2.58. The molecule has 20 heavy (non-hydrogen) atoms. The number of benzene rings is 1. The highest BCUT2D eigenvalue weighted by Gasteiger charge is 2.43. The number of aryl methyl sites for hydroxylation is 2. The first-order valence-corrected chi connectivity index (χ1v) is 6.83.